The van der Waals surface area contributed by atoms with E-state index in [4.69, 9.17) is 10.5 Å². The molecule has 0 aromatic heterocycles. The maximum absolute atomic E-state index is 10.8. The highest BCUT2D eigenvalue weighted by atomic mass is 16.6. The number of benzene rings is 1. The van der Waals surface area contributed by atoms with Crippen LogP contribution in [0.5, 0.6) is 5.75 Å². The third kappa shape index (κ3) is 2.55. The van der Waals surface area contributed by atoms with E-state index in [1.807, 2.05) is 0 Å². The number of nitrogens with zero attached hydrogens (tertiary/aromatic N) is 1. The number of carbonyl (C=O) groups excluding carboxylic acids is 1. The van der Waals surface area contributed by atoms with Crippen LogP contribution in [0, 0.1) is 10.1 Å². The minimum atomic E-state index is -1.96. The van der Waals surface area contributed by atoms with Gasteiger partial charge in [0.1, 0.15) is 17.4 Å². The van der Waals surface area contributed by atoms with Gasteiger partial charge in [-0.05, 0) is 6.07 Å². The predicted octanol–water partition coefficient (Wildman–Crippen LogP) is -0.517. The van der Waals surface area contributed by atoms with Crippen LogP contribution in [-0.2, 0) is 4.79 Å². The molecule has 0 fully saturated rings. The second-order valence-corrected chi connectivity index (χ2v) is 3.44. The molecule has 98 valence electrons. The van der Waals surface area contributed by atoms with Crippen LogP contribution in [0.25, 0.3) is 0 Å². The number of amides is 1. The van der Waals surface area contributed by atoms with Crippen LogP contribution in [0.4, 0.5) is 5.69 Å². The molecule has 0 heterocycles. The van der Waals surface area contributed by atoms with Gasteiger partial charge in [-0.2, -0.15) is 0 Å². The first-order chi connectivity index (χ1) is 8.40. The van der Waals surface area contributed by atoms with Gasteiger partial charge in [-0.25, -0.2) is 0 Å². The molecule has 1 amide bonds. The third-order valence-corrected chi connectivity index (χ3v) is 2.35. The molecule has 8 heteroatoms. The summed E-state index contributed by atoms with van der Waals surface area (Å²) in [7, 11) is 1.24. The largest absolute Gasteiger partial charge is 0.496 e. The van der Waals surface area contributed by atoms with E-state index in [1.54, 1.807) is 0 Å². The Morgan fingerprint density at radius 1 is 1.50 bits per heavy atom. The summed E-state index contributed by atoms with van der Waals surface area (Å²) in [5, 5.41) is 30.0. The number of nitrogens with two attached hydrogens (primary N) is 1. The first-order valence-corrected chi connectivity index (χ1v) is 4.87. The molecule has 0 saturated heterocycles. The average molecular weight is 256 g/mol. The van der Waals surface area contributed by atoms with Crippen molar-refractivity contribution in [2.24, 2.45) is 5.73 Å². The lowest BCUT2D eigenvalue weighted by Crippen LogP contribution is -2.34. The molecule has 1 rings (SSSR count). The Balaban J connectivity index is 3.35. The van der Waals surface area contributed by atoms with Crippen molar-refractivity contribution in [3.63, 3.8) is 0 Å². The molecule has 2 atom stereocenters. The Kier molecular flexibility index (Phi) is 4.18. The molecule has 0 aliphatic rings. The van der Waals surface area contributed by atoms with Crippen LogP contribution < -0.4 is 10.5 Å². The van der Waals surface area contributed by atoms with E-state index in [0.717, 1.165) is 6.07 Å². The molecule has 0 aliphatic carbocycles. The van der Waals surface area contributed by atoms with Crippen LogP contribution in [-0.4, -0.2) is 34.3 Å². The van der Waals surface area contributed by atoms with Crippen molar-refractivity contribution >= 4 is 11.6 Å². The van der Waals surface area contributed by atoms with Gasteiger partial charge in [0.15, 0.2) is 6.10 Å². The van der Waals surface area contributed by atoms with E-state index in [-0.39, 0.29) is 11.3 Å². The second kappa shape index (κ2) is 5.43. The fourth-order valence-electron chi connectivity index (χ4n) is 1.48. The number of rotatable bonds is 5. The zero-order chi connectivity index (χ0) is 13.9. The minimum absolute atomic E-state index is 0.0167. The summed E-state index contributed by atoms with van der Waals surface area (Å²) in [5.41, 5.74) is 4.07. The molecule has 0 spiro atoms. The van der Waals surface area contributed by atoms with Gasteiger partial charge in [0.2, 0.25) is 5.91 Å². The van der Waals surface area contributed by atoms with Crippen molar-refractivity contribution in [2.45, 2.75) is 12.2 Å². The number of nitro benzene ring substituents is 1. The van der Waals surface area contributed by atoms with Crippen molar-refractivity contribution in [1.29, 1.82) is 0 Å². The summed E-state index contributed by atoms with van der Waals surface area (Å²) >= 11 is 0. The van der Waals surface area contributed by atoms with Crippen molar-refractivity contribution < 1.29 is 24.7 Å². The maximum atomic E-state index is 10.8. The molecule has 2 unspecified atom stereocenters. The van der Waals surface area contributed by atoms with Crippen LogP contribution in [0.15, 0.2) is 18.2 Å². The highest BCUT2D eigenvalue weighted by Crippen LogP contribution is 2.35. The summed E-state index contributed by atoms with van der Waals surface area (Å²) in [6.07, 6.45) is -3.79. The first-order valence-electron chi connectivity index (χ1n) is 4.87. The fourth-order valence-corrected chi connectivity index (χ4v) is 1.48. The number of aliphatic hydroxyl groups is 2. The fraction of sp³-hybridized carbons (Fsp3) is 0.300. The van der Waals surface area contributed by atoms with Crippen molar-refractivity contribution in [2.75, 3.05) is 7.11 Å². The molecule has 0 bridgehead atoms. The smallest absolute Gasteiger partial charge is 0.279 e. The Morgan fingerprint density at radius 2 is 2.11 bits per heavy atom. The summed E-state index contributed by atoms with van der Waals surface area (Å²) < 4.78 is 4.86. The standard InChI is InChI=1S/C10H12N2O6/c1-18-6-4-2-3-5(12(16)17)7(6)8(13)9(14)10(11)15/h2-4,8-9,13-14H,1H3,(H2,11,15). The van der Waals surface area contributed by atoms with Crippen molar-refractivity contribution in [3.05, 3.63) is 33.9 Å². The summed E-state index contributed by atoms with van der Waals surface area (Å²) in [6, 6.07) is 3.83. The van der Waals surface area contributed by atoms with Gasteiger partial charge >= 0.3 is 0 Å². The Morgan fingerprint density at radius 3 is 2.56 bits per heavy atom. The molecule has 0 radical (unpaired) electrons. The molecule has 1 aromatic carbocycles. The van der Waals surface area contributed by atoms with Gasteiger partial charge in [-0.1, -0.05) is 6.07 Å². The van der Waals surface area contributed by atoms with E-state index in [1.165, 1.54) is 19.2 Å². The van der Waals surface area contributed by atoms with Crippen LogP contribution in [0.3, 0.4) is 0 Å². The van der Waals surface area contributed by atoms with Crippen molar-refractivity contribution in [1.82, 2.24) is 0 Å². The molecular formula is C10H12N2O6. The molecule has 0 aliphatic heterocycles. The molecule has 1 aromatic rings. The zero-order valence-electron chi connectivity index (χ0n) is 9.44. The number of methoxy groups -OCH3 is 1. The number of primary amides is 1. The van der Waals surface area contributed by atoms with Crippen molar-refractivity contribution in [3.8, 4) is 5.75 Å². The minimum Gasteiger partial charge on any atom is -0.496 e. The lowest BCUT2D eigenvalue weighted by atomic mass is 10.0. The summed E-state index contributed by atoms with van der Waals surface area (Å²) in [4.78, 5) is 20.9. The van der Waals surface area contributed by atoms with Gasteiger partial charge in [0.25, 0.3) is 5.69 Å². The summed E-state index contributed by atoms with van der Waals surface area (Å²) in [5.74, 6) is -1.21. The normalized spacial score (nSPS) is 13.7. The number of hydrogen-bond acceptors (Lipinski definition) is 6. The van der Waals surface area contributed by atoms with Crippen LogP contribution >= 0.6 is 0 Å². The van der Waals surface area contributed by atoms with E-state index in [2.05, 4.69) is 0 Å². The highest BCUT2D eigenvalue weighted by Gasteiger charge is 2.32. The number of aliphatic hydroxyl groups excluding tert-OH is 2. The lowest BCUT2D eigenvalue weighted by molar-refractivity contribution is -0.386. The SMILES string of the molecule is COc1cccc([N+](=O)[O-])c1C(O)C(O)C(N)=O. The molecule has 4 N–H and O–H groups in total. The van der Waals surface area contributed by atoms with E-state index < -0.39 is 28.7 Å². The first kappa shape index (κ1) is 13.9. The van der Waals surface area contributed by atoms with Gasteiger partial charge in [-0.15, -0.1) is 0 Å². The predicted molar refractivity (Wildman–Crippen MR) is 59.8 cm³/mol. The van der Waals surface area contributed by atoms with E-state index in [0.29, 0.717) is 0 Å². The van der Waals surface area contributed by atoms with Gasteiger partial charge < -0.3 is 20.7 Å². The molecule has 18 heavy (non-hydrogen) atoms. The second-order valence-electron chi connectivity index (χ2n) is 3.44. The number of carbonyl (C=O) groups is 1. The quantitative estimate of drug-likeness (QED) is 0.479. The Bertz CT molecular complexity index is 475. The summed E-state index contributed by atoms with van der Waals surface area (Å²) in [6.45, 7) is 0. The number of ether oxygens (including phenoxy) is 1. The highest BCUT2D eigenvalue weighted by molar-refractivity contribution is 5.80. The van der Waals surface area contributed by atoms with Crippen LogP contribution in [0.1, 0.15) is 11.7 Å². The van der Waals surface area contributed by atoms with Gasteiger partial charge in [-0.3, -0.25) is 14.9 Å². The van der Waals surface area contributed by atoms with Crippen LogP contribution in [0.2, 0.25) is 0 Å². The zero-order valence-corrected chi connectivity index (χ0v) is 9.44. The monoisotopic (exact) mass is 256 g/mol. The van der Waals surface area contributed by atoms with E-state index in [9.17, 15) is 25.1 Å². The maximum Gasteiger partial charge on any atom is 0.279 e. The Hall–Kier alpha value is -2.19. The van der Waals surface area contributed by atoms with Gasteiger partial charge in [0, 0.05) is 6.07 Å². The third-order valence-electron chi connectivity index (χ3n) is 2.35. The molecular weight excluding hydrogens is 244 g/mol. The molecule has 8 nitrogen and oxygen atoms in total. The van der Waals surface area contributed by atoms with Gasteiger partial charge in [0.05, 0.1) is 12.0 Å². The molecule has 0 saturated carbocycles. The topological polar surface area (TPSA) is 136 Å². The lowest BCUT2D eigenvalue weighted by Gasteiger charge is -2.17. The average Bonchev–Trinajstić information content (AvgIpc) is 2.35. The number of nitro groups is 1. The number of hydrogen-bond donors (Lipinski definition) is 3. The van der Waals surface area contributed by atoms with E-state index >= 15 is 0 Å². The Labute approximate surface area is 102 Å².